The number of hydrogen-bond donors (Lipinski definition) is 1. The van der Waals surface area contributed by atoms with Crippen molar-refractivity contribution in [1.82, 2.24) is 4.90 Å². The molecule has 1 heterocycles. The summed E-state index contributed by atoms with van der Waals surface area (Å²) < 4.78 is 4.60. The normalized spacial score (nSPS) is 21.0. The van der Waals surface area contributed by atoms with Gasteiger partial charge in [-0.25, -0.2) is 4.79 Å². The summed E-state index contributed by atoms with van der Waals surface area (Å²) in [5.41, 5.74) is -0.523. The average Bonchev–Trinajstić information content (AvgIpc) is 2.60. The van der Waals surface area contributed by atoms with Gasteiger partial charge in [-0.1, -0.05) is 0 Å². The van der Waals surface area contributed by atoms with Crippen LogP contribution in [-0.2, 0) is 14.3 Å². The van der Waals surface area contributed by atoms with Gasteiger partial charge < -0.3 is 9.64 Å². The van der Waals surface area contributed by atoms with Gasteiger partial charge in [0.2, 0.25) is 5.91 Å². The van der Waals surface area contributed by atoms with E-state index in [1.54, 1.807) is 18.7 Å². The van der Waals surface area contributed by atoms with Crippen LogP contribution in [0.2, 0.25) is 0 Å². The third-order valence-corrected chi connectivity index (χ3v) is 2.91. The lowest BCUT2D eigenvalue weighted by Gasteiger charge is -2.31. The van der Waals surface area contributed by atoms with Crippen LogP contribution in [0, 0.1) is 0 Å². The molecular weight excluding hydrogens is 250 g/mol. The van der Waals surface area contributed by atoms with E-state index in [-0.39, 0.29) is 11.9 Å². The molecule has 1 saturated heterocycles. The van der Waals surface area contributed by atoms with Crippen LogP contribution in [0.1, 0.15) is 47.5 Å². The highest BCUT2D eigenvalue weighted by Crippen LogP contribution is 2.26. The Morgan fingerprint density at radius 2 is 1.78 bits per heavy atom. The highest BCUT2D eigenvalue weighted by molar-refractivity contribution is 7.82. The lowest BCUT2D eigenvalue weighted by Crippen LogP contribution is -2.49. The summed E-state index contributed by atoms with van der Waals surface area (Å²) in [6, 6.07) is -0.455. The third-order valence-electron chi connectivity index (χ3n) is 2.72. The van der Waals surface area contributed by atoms with Crippen molar-refractivity contribution >= 4 is 24.5 Å². The number of ether oxygens (including phenoxy) is 1. The summed E-state index contributed by atoms with van der Waals surface area (Å²) in [6.07, 6.45) is 1.50. The van der Waals surface area contributed by atoms with Gasteiger partial charge >= 0.3 is 5.97 Å². The minimum Gasteiger partial charge on any atom is -0.458 e. The topological polar surface area (TPSA) is 46.6 Å². The van der Waals surface area contributed by atoms with Crippen LogP contribution >= 0.6 is 12.6 Å². The number of nitrogens with zero attached hydrogens (tertiary/aromatic N) is 1. The Kier molecular flexibility index (Phi) is 4.36. The first-order chi connectivity index (χ1) is 8.02. The molecule has 1 aliphatic heterocycles. The number of carbonyl (C=O) groups excluding carboxylic acids is 2. The van der Waals surface area contributed by atoms with Crippen molar-refractivity contribution < 1.29 is 14.3 Å². The van der Waals surface area contributed by atoms with Gasteiger partial charge in [0.15, 0.2) is 0 Å². The van der Waals surface area contributed by atoms with Gasteiger partial charge in [-0.3, -0.25) is 4.79 Å². The maximum absolute atomic E-state index is 12.2. The van der Waals surface area contributed by atoms with Crippen LogP contribution in [0.5, 0.6) is 0 Å². The van der Waals surface area contributed by atoms with E-state index >= 15 is 0 Å². The Bertz CT molecular complexity index is 341. The summed E-state index contributed by atoms with van der Waals surface area (Å²) in [5, 5.41) is 0. The quantitative estimate of drug-likeness (QED) is 0.618. The molecule has 1 amide bonds. The van der Waals surface area contributed by atoms with Gasteiger partial charge in [-0.15, -0.1) is 0 Å². The van der Waals surface area contributed by atoms with Crippen LogP contribution in [0.3, 0.4) is 0 Å². The second kappa shape index (κ2) is 5.11. The molecule has 18 heavy (non-hydrogen) atoms. The van der Waals surface area contributed by atoms with E-state index in [4.69, 9.17) is 4.74 Å². The van der Waals surface area contributed by atoms with Crippen molar-refractivity contribution in [1.29, 1.82) is 0 Å². The van der Waals surface area contributed by atoms with E-state index in [0.29, 0.717) is 13.0 Å². The first-order valence-electron chi connectivity index (χ1n) is 6.29. The molecule has 1 rings (SSSR count). The van der Waals surface area contributed by atoms with Gasteiger partial charge in [0.05, 0.1) is 4.75 Å². The fourth-order valence-corrected chi connectivity index (χ4v) is 2.10. The zero-order valence-electron chi connectivity index (χ0n) is 11.8. The average molecular weight is 273 g/mol. The molecular formula is C13H23NO3S. The van der Waals surface area contributed by atoms with Crippen LogP contribution in [0.15, 0.2) is 0 Å². The molecule has 0 aromatic rings. The second-order valence-electron chi connectivity index (χ2n) is 6.25. The maximum atomic E-state index is 12.2. The number of carbonyl (C=O) groups is 2. The Morgan fingerprint density at radius 3 is 2.22 bits per heavy atom. The van der Waals surface area contributed by atoms with Crippen LogP contribution in [0.4, 0.5) is 0 Å². The molecule has 1 aliphatic rings. The number of rotatable bonds is 2. The van der Waals surface area contributed by atoms with E-state index in [0.717, 1.165) is 6.42 Å². The number of amides is 1. The van der Waals surface area contributed by atoms with Crippen LogP contribution < -0.4 is 0 Å². The molecule has 0 aromatic carbocycles. The van der Waals surface area contributed by atoms with Gasteiger partial charge in [0.25, 0.3) is 0 Å². The van der Waals surface area contributed by atoms with Crippen molar-refractivity contribution in [3.8, 4) is 0 Å². The van der Waals surface area contributed by atoms with E-state index < -0.39 is 16.4 Å². The molecule has 0 unspecified atom stereocenters. The Hall–Kier alpha value is -0.710. The molecule has 0 aliphatic carbocycles. The molecule has 0 saturated carbocycles. The molecule has 1 fully saturated rings. The first kappa shape index (κ1) is 15.3. The lowest BCUT2D eigenvalue weighted by molar-refractivity contribution is -0.163. The molecule has 0 spiro atoms. The molecule has 0 bridgehead atoms. The second-order valence-corrected chi connectivity index (χ2v) is 7.37. The number of likely N-dealkylation sites (tertiary alicyclic amines) is 1. The van der Waals surface area contributed by atoms with Gasteiger partial charge in [-0.05, 0) is 47.5 Å². The summed E-state index contributed by atoms with van der Waals surface area (Å²) in [4.78, 5) is 25.8. The van der Waals surface area contributed by atoms with Crippen LogP contribution in [0.25, 0.3) is 0 Å². The van der Waals surface area contributed by atoms with Crippen LogP contribution in [-0.4, -0.2) is 39.7 Å². The number of thiol groups is 1. The molecule has 1 atom stereocenters. The first-order valence-corrected chi connectivity index (χ1v) is 6.73. The summed E-state index contributed by atoms with van der Waals surface area (Å²) in [6.45, 7) is 9.57. The fourth-order valence-electron chi connectivity index (χ4n) is 1.98. The highest BCUT2D eigenvalue weighted by Gasteiger charge is 2.40. The molecule has 4 nitrogen and oxygen atoms in total. The van der Waals surface area contributed by atoms with E-state index in [2.05, 4.69) is 12.6 Å². The van der Waals surface area contributed by atoms with Gasteiger partial charge in [0, 0.05) is 6.54 Å². The van der Waals surface area contributed by atoms with Crippen molar-refractivity contribution in [2.75, 3.05) is 6.54 Å². The van der Waals surface area contributed by atoms with Crippen molar-refractivity contribution in [2.45, 2.75) is 63.9 Å². The zero-order valence-corrected chi connectivity index (χ0v) is 12.7. The summed E-state index contributed by atoms with van der Waals surface area (Å²) in [5.74, 6) is -0.426. The van der Waals surface area contributed by atoms with Crippen molar-refractivity contribution in [3.63, 3.8) is 0 Å². The monoisotopic (exact) mass is 273 g/mol. The Balaban J connectivity index is 2.77. The third kappa shape index (κ3) is 3.90. The summed E-state index contributed by atoms with van der Waals surface area (Å²) in [7, 11) is 0. The van der Waals surface area contributed by atoms with Gasteiger partial charge in [0.1, 0.15) is 11.6 Å². The molecule has 5 heteroatoms. The Morgan fingerprint density at radius 1 is 1.22 bits per heavy atom. The minimum atomic E-state index is -0.759. The Labute approximate surface area is 114 Å². The molecule has 0 N–H and O–H groups in total. The molecule has 0 aromatic heterocycles. The maximum Gasteiger partial charge on any atom is 0.329 e. The van der Waals surface area contributed by atoms with E-state index in [1.807, 2.05) is 20.8 Å². The summed E-state index contributed by atoms with van der Waals surface area (Å²) >= 11 is 4.28. The minimum absolute atomic E-state index is 0.112. The van der Waals surface area contributed by atoms with Gasteiger partial charge in [-0.2, -0.15) is 12.6 Å². The number of hydrogen-bond acceptors (Lipinski definition) is 4. The fraction of sp³-hybridized carbons (Fsp3) is 0.846. The highest BCUT2D eigenvalue weighted by atomic mass is 32.1. The standard InChI is InChI=1S/C13H23NO3S/c1-12(2,3)17-10(15)9-7-6-8-14(9)11(16)13(4,5)18/h9,18H,6-8H2,1-5H3/t9-/m0/s1. The smallest absolute Gasteiger partial charge is 0.329 e. The van der Waals surface area contributed by atoms with Crippen molar-refractivity contribution in [3.05, 3.63) is 0 Å². The largest absolute Gasteiger partial charge is 0.458 e. The van der Waals surface area contributed by atoms with E-state index in [1.165, 1.54) is 0 Å². The van der Waals surface area contributed by atoms with E-state index in [9.17, 15) is 9.59 Å². The molecule has 0 radical (unpaired) electrons. The van der Waals surface area contributed by atoms with Crippen molar-refractivity contribution in [2.24, 2.45) is 0 Å². The molecule has 104 valence electrons. The SMILES string of the molecule is CC(C)(C)OC(=O)[C@@H]1CCCN1C(=O)C(C)(C)S. The predicted octanol–water partition coefficient (Wildman–Crippen LogP) is 2.03. The zero-order chi connectivity index (χ0) is 14.1. The predicted molar refractivity (Wildman–Crippen MR) is 73.6 cm³/mol. The number of esters is 1. The lowest BCUT2D eigenvalue weighted by atomic mass is 10.1.